The molecule has 1 atom stereocenters. The third-order valence-corrected chi connectivity index (χ3v) is 5.75. The molecule has 0 radical (unpaired) electrons. The lowest BCUT2D eigenvalue weighted by Gasteiger charge is -2.24. The third kappa shape index (κ3) is 6.53. The van der Waals surface area contributed by atoms with Crippen molar-refractivity contribution in [2.45, 2.75) is 51.8 Å². The number of ether oxygens (including phenoxy) is 1. The van der Waals surface area contributed by atoms with Crippen LogP contribution in [0, 0.1) is 0 Å². The van der Waals surface area contributed by atoms with Crippen LogP contribution in [-0.4, -0.2) is 53.7 Å². The summed E-state index contributed by atoms with van der Waals surface area (Å²) >= 11 is 1.45. The maximum atomic E-state index is 12.7. The van der Waals surface area contributed by atoms with E-state index in [1.54, 1.807) is 0 Å². The van der Waals surface area contributed by atoms with Crippen molar-refractivity contribution in [2.75, 3.05) is 20.1 Å². The molecule has 1 aromatic heterocycles. The molecule has 2 N–H and O–H groups in total. The summed E-state index contributed by atoms with van der Waals surface area (Å²) in [4.78, 5) is 32.9. The summed E-state index contributed by atoms with van der Waals surface area (Å²) in [6.45, 7) is 7.54. The molecule has 0 spiro atoms. The first-order valence-electron chi connectivity index (χ1n) is 10.2. The number of fused-ring (bicyclic) bond motifs is 1. The van der Waals surface area contributed by atoms with E-state index in [1.165, 1.54) is 11.3 Å². The van der Waals surface area contributed by atoms with Crippen molar-refractivity contribution >= 4 is 23.3 Å². The topological polar surface area (TPSA) is 83.6 Å². The minimum Gasteiger partial charge on any atom is -0.444 e. The fourth-order valence-corrected chi connectivity index (χ4v) is 4.36. The van der Waals surface area contributed by atoms with E-state index in [2.05, 4.69) is 27.6 Å². The molecule has 7 nitrogen and oxygen atoms in total. The predicted octanol–water partition coefficient (Wildman–Crippen LogP) is 3.00. The third-order valence-electron chi connectivity index (χ3n) is 4.67. The first-order valence-corrected chi connectivity index (χ1v) is 11.0. The number of hydrogen-bond acceptors (Lipinski definition) is 6. The largest absolute Gasteiger partial charge is 0.444 e. The molecule has 0 saturated heterocycles. The van der Waals surface area contributed by atoms with E-state index in [0.29, 0.717) is 11.4 Å². The fourth-order valence-electron chi connectivity index (χ4n) is 3.26. The second kappa shape index (κ2) is 9.57. The van der Waals surface area contributed by atoms with E-state index in [1.807, 2.05) is 51.1 Å². The Bertz CT molecular complexity index is 876. The predicted molar refractivity (Wildman–Crippen MR) is 118 cm³/mol. The van der Waals surface area contributed by atoms with Crippen LogP contribution in [0.1, 0.15) is 46.7 Å². The Morgan fingerprint density at radius 3 is 2.70 bits per heavy atom. The van der Waals surface area contributed by atoms with Gasteiger partial charge in [-0.15, -0.1) is 11.3 Å². The molecule has 1 aliphatic heterocycles. The van der Waals surface area contributed by atoms with Crippen LogP contribution in [0.2, 0.25) is 0 Å². The normalized spacial score (nSPS) is 15.2. The zero-order valence-corrected chi connectivity index (χ0v) is 18.8. The number of alkyl carbamates (subject to hydrolysis) is 1. The molecule has 2 amide bonds. The highest BCUT2D eigenvalue weighted by molar-refractivity contribution is 7.13. The molecular weight excluding hydrogens is 400 g/mol. The van der Waals surface area contributed by atoms with E-state index >= 15 is 0 Å². The zero-order chi connectivity index (χ0) is 21.7. The molecule has 162 valence electrons. The Kier molecular flexibility index (Phi) is 7.10. The minimum atomic E-state index is -0.586. The number of hydrogen-bond donors (Lipinski definition) is 2. The molecule has 1 aromatic carbocycles. The fraction of sp³-hybridized carbons (Fsp3) is 0.500. The van der Waals surface area contributed by atoms with Gasteiger partial charge in [0.05, 0.1) is 11.7 Å². The molecular formula is C22H30N4O3S. The van der Waals surface area contributed by atoms with E-state index in [-0.39, 0.29) is 18.5 Å². The molecule has 0 bridgehead atoms. The van der Waals surface area contributed by atoms with Crippen LogP contribution < -0.4 is 10.6 Å². The van der Waals surface area contributed by atoms with Crippen LogP contribution in [0.25, 0.3) is 0 Å². The number of benzene rings is 1. The summed E-state index contributed by atoms with van der Waals surface area (Å²) in [7, 11) is 2.07. The highest BCUT2D eigenvalue weighted by atomic mass is 32.1. The van der Waals surface area contributed by atoms with E-state index < -0.39 is 11.7 Å². The summed E-state index contributed by atoms with van der Waals surface area (Å²) in [6.07, 6.45) is 0.955. The van der Waals surface area contributed by atoms with E-state index in [9.17, 15) is 9.59 Å². The van der Waals surface area contributed by atoms with Crippen LogP contribution >= 0.6 is 11.3 Å². The monoisotopic (exact) mass is 430 g/mol. The molecule has 1 aliphatic rings. The van der Waals surface area contributed by atoms with Crippen LogP contribution in [0.4, 0.5) is 4.79 Å². The molecule has 30 heavy (non-hydrogen) atoms. The van der Waals surface area contributed by atoms with Crippen molar-refractivity contribution < 1.29 is 14.3 Å². The quantitative estimate of drug-likeness (QED) is 0.736. The van der Waals surface area contributed by atoms with Crippen molar-refractivity contribution in [3.05, 3.63) is 51.5 Å². The first kappa shape index (κ1) is 22.2. The van der Waals surface area contributed by atoms with Gasteiger partial charge < -0.3 is 20.3 Å². The van der Waals surface area contributed by atoms with E-state index in [0.717, 1.165) is 35.6 Å². The van der Waals surface area contributed by atoms with E-state index in [4.69, 9.17) is 4.74 Å². The van der Waals surface area contributed by atoms with Gasteiger partial charge in [0.2, 0.25) is 0 Å². The summed E-state index contributed by atoms with van der Waals surface area (Å²) in [6, 6.07) is 9.55. The van der Waals surface area contributed by atoms with Gasteiger partial charge in [0.15, 0.2) is 5.01 Å². The van der Waals surface area contributed by atoms with Gasteiger partial charge in [0.1, 0.15) is 5.60 Å². The van der Waals surface area contributed by atoms with Crippen molar-refractivity contribution in [3.8, 4) is 0 Å². The molecule has 3 rings (SSSR count). The number of nitrogens with zero attached hydrogens (tertiary/aromatic N) is 2. The molecule has 0 saturated carbocycles. The number of thiazole rings is 1. The molecule has 2 heterocycles. The smallest absolute Gasteiger partial charge is 0.407 e. The molecule has 0 aliphatic carbocycles. The summed E-state index contributed by atoms with van der Waals surface area (Å²) in [5.41, 5.74) is 1.51. The second-order valence-electron chi connectivity index (χ2n) is 8.62. The number of carbonyl (C=O) groups excluding carboxylic acids is 2. The number of nitrogens with one attached hydrogen (secondary N) is 2. The maximum Gasteiger partial charge on any atom is 0.407 e. The Balaban J connectivity index is 1.63. The summed E-state index contributed by atoms with van der Waals surface area (Å²) in [5.74, 6) is -0.207. The maximum absolute atomic E-state index is 12.7. The Labute approximate surface area is 181 Å². The molecule has 1 unspecified atom stereocenters. The Hall–Kier alpha value is -2.45. The average Bonchev–Trinajstić information content (AvgIpc) is 3.08. The Morgan fingerprint density at radius 1 is 1.27 bits per heavy atom. The van der Waals surface area contributed by atoms with Crippen LogP contribution in [0.3, 0.4) is 0 Å². The molecule has 0 fully saturated rings. The van der Waals surface area contributed by atoms with Gasteiger partial charge in [0, 0.05) is 30.9 Å². The van der Waals surface area contributed by atoms with Crippen LogP contribution in [0.5, 0.6) is 0 Å². The lowest BCUT2D eigenvalue weighted by atomic mass is 10.1. The van der Waals surface area contributed by atoms with Gasteiger partial charge in [-0.05, 0) is 39.8 Å². The lowest BCUT2D eigenvalue weighted by molar-refractivity contribution is 0.0501. The van der Waals surface area contributed by atoms with Crippen molar-refractivity contribution in [2.24, 2.45) is 0 Å². The molecule has 2 aromatic rings. The van der Waals surface area contributed by atoms with Crippen LogP contribution in [0.15, 0.2) is 30.3 Å². The van der Waals surface area contributed by atoms with Crippen LogP contribution in [-0.2, 0) is 24.1 Å². The number of likely N-dealkylation sites (N-methyl/N-ethyl adjacent to an activating group) is 1. The first-order chi connectivity index (χ1) is 14.2. The van der Waals surface area contributed by atoms with Crippen molar-refractivity contribution in [3.63, 3.8) is 0 Å². The van der Waals surface area contributed by atoms with Gasteiger partial charge in [-0.3, -0.25) is 4.79 Å². The summed E-state index contributed by atoms with van der Waals surface area (Å²) in [5, 5.41) is 6.29. The van der Waals surface area contributed by atoms with Gasteiger partial charge in [-0.2, -0.15) is 0 Å². The number of amides is 2. The average molecular weight is 431 g/mol. The van der Waals surface area contributed by atoms with Gasteiger partial charge in [-0.1, -0.05) is 30.3 Å². The SMILES string of the molecule is CN1CCc2nc(C(=O)NCC(Cc3ccccc3)NC(=O)OC(C)(C)C)sc2C1. The molecule has 8 heteroatoms. The minimum absolute atomic E-state index is 0.207. The standard InChI is InChI=1S/C22H30N4O3S/c1-22(2,3)29-21(28)24-16(12-15-8-6-5-7-9-15)13-23-19(27)20-25-17-10-11-26(4)14-18(17)30-20/h5-9,16H,10-14H2,1-4H3,(H,23,27)(H,24,28). The lowest BCUT2D eigenvalue weighted by Crippen LogP contribution is -2.46. The van der Waals surface area contributed by atoms with Gasteiger partial charge in [-0.25, -0.2) is 9.78 Å². The van der Waals surface area contributed by atoms with Gasteiger partial charge in [0.25, 0.3) is 5.91 Å². The highest BCUT2D eigenvalue weighted by Gasteiger charge is 2.23. The number of carbonyl (C=O) groups is 2. The number of aromatic nitrogens is 1. The van der Waals surface area contributed by atoms with Crippen molar-refractivity contribution in [1.29, 1.82) is 0 Å². The Morgan fingerprint density at radius 2 is 2.00 bits per heavy atom. The second-order valence-corrected chi connectivity index (χ2v) is 9.70. The number of rotatable bonds is 6. The summed E-state index contributed by atoms with van der Waals surface area (Å²) < 4.78 is 5.38. The highest BCUT2D eigenvalue weighted by Crippen LogP contribution is 2.24. The van der Waals surface area contributed by atoms with Gasteiger partial charge >= 0.3 is 6.09 Å². The van der Waals surface area contributed by atoms with Crippen molar-refractivity contribution in [1.82, 2.24) is 20.5 Å². The zero-order valence-electron chi connectivity index (χ0n) is 18.0.